The van der Waals surface area contributed by atoms with Crippen LogP contribution in [0.3, 0.4) is 0 Å². The van der Waals surface area contributed by atoms with Gasteiger partial charge in [-0.25, -0.2) is 0 Å². The van der Waals surface area contributed by atoms with Crippen LogP contribution in [0.4, 0.5) is 0 Å². The zero-order valence-electron chi connectivity index (χ0n) is 10.1. The fraction of sp³-hybridized carbons (Fsp3) is 0.692. The number of halogens is 1. The van der Waals surface area contributed by atoms with Gasteiger partial charge >= 0.3 is 0 Å². The van der Waals surface area contributed by atoms with Crippen LogP contribution in [0.2, 0.25) is 0 Å². The Morgan fingerprint density at radius 2 is 2.41 bits per heavy atom. The van der Waals surface area contributed by atoms with E-state index in [0.29, 0.717) is 6.10 Å². The lowest BCUT2D eigenvalue weighted by atomic mass is 10.00. The molecule has 0 radical (unpaired) electrons. The van der Waals surface area contributed by atoms with Gasteiger partial charge in [-0.1, -0.05) is 0 Å². The first-order chi connectivity index (χ1) is 8.16. The highest BCUT2D eigenvalue weighted by Crippen LogP contribution is 2.33. The fourth-order valence-corrected chi connectivity index (χ4v) is 4.09. The summed E-state index contributed by atoms with van der Waals surface area (Å²) < 4.78 is 6.78. The van der Waals surface area contributed by atoms with E-state index in [9.17, 15) is 5.11 Å². The Bertz CT molecular complexity index is 358. The third-order valence-electron chi connectivity index (χ3n) is 3.32. The minimum Gasteiger partial charge on any atom is -0.388 e. The Morgan fingerprint density at radius 1 is 1.59 bits per heavy atom. The molecule has 2 nitrogen and oxygen atoms in total. The summed E-state index contributed by atoms with van der Waals surface area (Å²) in [6, 6.07) is 2.03. The van der Waals surface area contributed by atoms with E-state index < -0.39 is 0 Å². The fourth-order valence-electron chi connectivity index (χ4n) is 2.32. The predicted octanol–water partition coefficient (Wildman–Crippen LogP) is 4.20. The maximum Gasteiger partial charge on any atom is 0.0802 e. The molecule has 1 aromatic heterocycles. The highest BCUT2D eigenvalue weighted by Gasteiger charge is 2.18. The van der Waals surface area contributed by atoms with Crippen LogP contribution in [0.1, 0.15) is 48.6 Å². The summed E-state index contributed by atoms with van der Waals surface area (Å²) in [5.74, 6) is 0. The number of aryl methyl sites for hydroxylation is 1. The molecule has 0 aliphatic carbocycles. The van der Waals surface area contributed by atoms with Crippen LogP contribution in [0.25, 0.3) is 0 Å². The molecule has 2 unspecified atom stereocenters. The lowest BCUT2D eigenvalue weighted by molar-refractivity contribution is 0.00212. The lowest BCUT2D eigenvalue weighted by Gasteiger charge is -2.23. The summed E-state index contributed by atoms with van der Waals surface area (Å²) in [5, 5.41) is 10.2. The molecule has 0 amide bonds. The summed E-state index contributed by atoms with van der Waals surface area (Å²) in [5.41, 5.74) is 1.07. The number of aliphatic hydroxyl groups excluding tert-OH is 1. The maximum atomic E-state index is 10.2. The van der Waals surface area contributed by atoms with Crippen molar-refractivity contribution in [2.45, 2.75) is 51.2 Å². The quantitative estimate of drug-likeness (QED) is 0.901. The van der Waals surface area contributed by atoms with Gasteiger partial charge in [-0.3, -0.25) is 0 Å². The second-order valence-corrected chi connectivity index (χ2v) is 7.28. The van der Waals surface area contributed by atoms with Crippen LogP contribution in [-0.4, -0.2) is 17.8 Å². The molecule has 1 saturated heterocycles. The van der Waals surface area contributed by atoms with Gasteiger partial charge in [0.1, 0.15) is 0 Å². The van der Waals surface area contributed by atoms with Gasteiger partial charge in [-0.2, -0.15) is 0 Å². The molecule has 1 N–H and O–H groups in total. The molecule has 96 valence electrons. The van der Waals surface area contributed by atoms with Gasteiger partial charge in [0.2, 0.25) is 0 Å². The number of aliphatic hydroxyl groups is 1. The van der Waals surface area contributed by atoms with Gasteiger partial charge < -0.3 is 9.84 Å². The van der Waals surface area contributed by atoms with Gasteiger partial charge in [-0.15, -0.1) is 11.3 Å². The highest BCUT2D eigenvalue weighted by molar-refractivity contribution is 9.11. The van der Waals surface area contributed by atoms with Crippen LogP contribution in [-0.2, 0) is 4.74 Å². The number of hydrogen-bond donors (Lipinski definition) is 1. The van der Waals surface area contributed by atoms with Gasteiger partial charge in [0.15, 0.2) is 0 Å². The molecule has 2 rings (SSSR count). The van der Waals surface area contributed by atoms with Crippen LogP contribution < -0.4 is 0 Å². The molecule has 1 aromatic rings. The van der Waals surface area contributed by atoms with Gasteiger partial charge in [0, 0.05) is 11.5 Å². The van der Waals surface area contributed by atoms with E-state index in [2.05, 4.69) is 22.9 Å². The van der Waals surface area contributed by atoms with Crippen molar-refractivity contribution in [3.8, 4) is 0 Å². The van der Waals surface area contributed by atoms with Crippen LogP contribution in [0.5, 0.6) is 0 Å². The number of ether oxygens (including phenoxy) is 1. The molecule has 17 heavy (non-hydrogen) atoms. The molecule has 1 aliphatic rings. The average Bonchev–Trinajstić information content (AvgIpc) is 2.67. The summed E-state index contributed by atoms with van der Waals surface area (Å²) in [6.07, 6.45) is 5.39. The van der Waals surface area contributed by atoms with Crippen molar-refractivity contribution < 1.29 is 9.84 Å². The van der Waals surface area contributed by atoms with E-state index in [1.807, 2.05) is 6.07 Å². The highest BCUT2D eigenvalue weighted by atomic mass is 79.9. The first kappa shape index (κ1) is 13.5. The predicted molar refractivity (Wildman–Crippen MR) is 74.5 cm³/mol. The monoisotopic (exact) mass is 318 g/mol. The van der Waals surface area contributed by atoms with Gasteiger partial charge in [0.25, 0.3) is 0 Å². The Kier molecular flexibility index (Phi) is 5.03. The van der Waals surface area contributed by atoms with Crippen molar-refractivity contribution in [1.29, 1.82) is 0 Å². The van der Waals surface area contributed by atoms with Gasteiger partial charge in [0.05, 0.1) is 16.0 Å². The Morgan fingerprint density at radius 3 is 3.00 bits per heavy atom. The van der Waals surface area contributed by atoms with Crippen molar-refractivity contribution >= 4 is 27.3 Å². The Labute approximate surface area is 115 Å². The number of rotatable bonds is 4. The van der Waals surface area contributed by atoms with E-state index in [1.165, 1.54) is 17.7 Å². The number of hydrogen-bond acceptors (Lipinski definition) is 3. The average molecular weight is 319 g/mol. The molecule has 0 saturated carbocycles. The molecule has 0 bridgehead atoms. The van der Waals surface area contributed by atoms with Crippen molar-refractivity contribution in [2.24, 2.45) is 0 Å². The van der Waals surface area contributed by atoms with Crippen LogP contribution in [0, 0.1) is 6.92 Å². The zero-order valence-corrected chi connectivity index (χ0v) is 12.5. The summed E-state index contributed by atoms with van der Waals surface area (Å²) in [6.45, 7) is 2.95. The van der Waals surface area contributed by atoms with E-state index in [0.717, 1.165) is 35.2 Å². The maximum absolute atomic E-state index is 10.2. The summed E-state index contributed by atoms with van der Waals surface area (Å²) in [4.78, 5) is 1.20. The molecular weight excluding hydrogens is 300 g/mol. The first-order valence-electron chi connectivity index (χ1n) is 6.22. The van der Waals surface area contributed by atoms with Gasteiger partial charge in [-0.05, 0) is 66.6 Å². The minimum absolute atomic E-state index is 0.344. The van der Waals surface area contributed by atoms with Crippen LogP contribution >= 0.6 is 27.3 Å². The molecule has 4 heteroatoms. The molecule has 1 aliphatic heterocycles. The summed E-state index contributed by atoms with van der Waals surface area (Å²) >= 11 is 5.15. The molecule has 0 spiro atoms. The summed E-state index contributed by atoms with van der Waals surface area (Å²) in [7, 11) is 0. The lowest BCUT2D eigenvalue weighted by Crippen LogP contribution is -2.19. The van der Waals surface area contributed by atoms with Crippen molar-refractivity contribution in [3.63, 3.8) is 0 Å². The second-order valence-electron chi connectivity index (χ2n) is 4.64. The SMILES string of the molecule is Cc1sc(Br)cc1C(O)CCC1CCCCO1. The third-order valence-corrected chi connectivity index (χ3v) is 4.89. The zero-order chi connectivity index (χ0) is 12.3. The molecule has 2 atom stereocenters. The second kappa shape index (κ2) is 6.32. The minimum atomic E-state index is -0.344. The van der Waals surface area contributed by atoms with Crippen molar-refractivity contribution in [2.75, 3.05) is 6.61 Å². The van der Waals surface area contributed by atoms with Crippen molar-refractivity contribution in [1.82, 2.24) is 0 Å². The van der Waals surface area contributed by atoms with E-state index in [-0.39, 0.29) is 6.10 Å². The normalized spacial score (nSPS) is 22.6. The third kappa shape index (κ3) is 3.78. The molecule has 0 aromatic carbocycles. The molecular formula is C13H19BrO2S. The molecule has 1 fully saturated rings. The topological polar surface area (TPSA) is 29.5 Å². The number of thiophene rings is 1. The Balaban J connectivity index is 1.84. The van der Waals surface area contributed by atoms with E-state index >= 15 is 0 Å². The Hall–Kier alpha value is 0.1000. The van der Waals surface area contributed by atoms with E-state index in [1.54, 1.807) is 11.3 Å². The van der Waals surface area contributed by atoms with E-state index in [4.69, 9.17) is 4.74 Å². The largest absolute Gasteiger partial charge is 0.388 e. The smallest absolute Gasteiger partial charge is 0.0802 e. The van der Waals surface area contributed by atoms with Crippen molar-refractivity contribution in [3.05, 3.63) is 20.3 Å². The standard InChI is InChI=1S/C13H19BrO2S/c1-9-11(8-13(14)17-9)12(15)6-5-10-4-2-3-7-16-10/h8,10,12,15H,2-7H2,1H3. The molecule has 2 heterocycles. The van der Waals surface area contributed by atoms with Crippen LogP contribution in [0.15, 0.2) is 9.85 Å². The first-order valence-corrected chi connectivity index (χ1v) is 7.83.